The first-order valence-corrected chi connectivity index (χ1v) is 9.53. The van der Waals surface area contributed by atoms with Gasteiger partial charge >= 0.3 is 11.6 Å². The molecule has 0 N–H and O–H groups in total. The number of hydrogen-bond acceptors (Lipinski definition) is 5. The first-order chi connectivity index (χ1) is 14.0. The highest BCUT2D eigenvalue weighted by Gasteiger charge is 2.12. The third kappa shape index (κ3) is 4.07. The molecule has 0 aliphatic rings. The molecule has 0 aliphatic carbocycles. The molecule has 0 spiro atoms. The Bertz CT molecular complexity index is 1240. The largest absolute Gasteiger partial charge is 0.497 e. The Kier molecular flexibility index (Phi) is 5.18. The van der Waals surface area contributed by atoms with Crippen molar-refractivity contribution in [2.24, 2.45) is 0 Å². The normalized spacial score (nSPS) is 10.7. The maximum Gasteiger partial charge on any atom is 0.344 e. The fourth-order valence-electron chi connectivity index (χ4n) is 2.88. The van der Waals surface area contributed by atoms with Crippen LogP contribution in [0.15, 0.2) is 86.5 Å². The number of hydrogen-bond donors (Lipinski definition) is 0. The number of carbonyl (C=O) groups excluding carboxylic acids is 1. The summed E-state index contributed by atoms with van der Waals surface area (Å²) in [7, 11) is 1.58. The van der Waals surface area contributed by atoms with Crippen LogP contribution in [0.1, 0.15) is 10.4 Å². The number of halogens is 1. The number of carbonyl (C=O) groups is 1. The summed E-state index contributed by atoms with van der Waals surface area (Å²) in [5.74, 6) is 0.510. The molecular formula is C23H15BrO5. The van der Waals surface area contributed by atoms with Gasteiger partial charge in [0.2, 0.25) is 0 Å². The second-order valence-corrected chi connectivity index (χ2v) is 7.19. The Balaban J connectivity index is 1.63. The van der Waals surface area contributed by atoms with Gasteiger partial charge < -0.3 is 13.9 Å². The van der Waals surface area contributed by atoms with Gasteiger partial charge in [-0.25, -0.2) is 9.59 Å². The van der Waals surface area contributed by atoms with Gasteiger partial charge in [-0.3, -0.25) is 0 Å². The van der Waals surface area contributed by atoms with E-state index in [1.54, 1.807) is 73.8 Å². The fourth-order valence-corrected chi connectivity index (χ4v) is 3.14. The molecular weight excluding hydrogens is 436 g/mol. The lowest BCUT2D eigenvalue weighted by Gasteiger charge is -2.07. The monoisotopic (exact) mass is 450 g/mol. The van der Waals surface area contributed by atoms with Crippen LogP contribution >= 0.6 is 15.9 Å². The van der Waals surface area contributed by atoms with Gasteiger partial charge in [-0.05, 0) is 60.2 Å². The molecule has 0 saturated carbocycles. The summed E-state index contributed by atoms with van der Waals surface area (Å²) in [6, 6.07) is 20.7. The van der Waals surface area contributed by atoms with E-state index in [-0.39, 0.29) is 0 Å². The number of methoxy groups -OCH3 is 1. The third-order valence-corrected chi connectivity index (χ3v) is 4.93. The van der Waals surface area contributed by atoms with E-state index in [4.69, 9.17) is 13.9 Å². The van der Waals surface area contributed by atoms with Crippen molar-refractivity contribution in [3.63, 3.8) is 0 Å². The summed E-state index contributed by atoms with van der Waals surface area (Å²) < 4.78 is 16.9. The van der Waals surface area contributed by atoms with Crippen molar-refractivity contribution in [2.45, 2.75) is 0 Å². The van der Waals surface area contributed by atoms with E-state index in [9.17, 15) is 9.59 Å². The van der Waals surface area contributed by atoms with E-state index in [0.717, 1.165) is 15.4 Å². The lowest BCUT2D eigenvalue weighted by molar-refractivity contribution is 0.0735. The van der Waals surface area contributed by atoms with E-state index in [2.05, 4.69) is 15.9 Å². The zero-order valence-electron chi connectivity index (χ0n) is 15.3. The molecule has 0 radical (unpaired) electrons. The quantitative estimate of drug-likeness (QED) is 0.235. The van der Waals surface area contributed by atoms with Crippen LogP contribution in [0.5, 0.6) is 11.5 Å². The zero-order chi connectivity index (χ0) is 20.4. The second kappa shape index (κ2) is 7.93. The number of fused-ring (bicyclic) bond motifs is 1. The van der Waals surface area contributed by atoms with Gasteiger partial charge in [0.25, 0.3) is 0 Å². The summed E-state index contributed by atoms with van der Waals surface area (Å²) in [5, 5.41) is 0.721. The molecule has 4 rings (SSSR count). The first-order valence-electron chi connectivity index (χ1n) is 8.73. The van der Waals surface area contributed by atoms with Crippen LogP contribution in [-0.2, 0) is 0 Å². The standard InChI is InChI=1S/C23H15BrO5/c1-27-18-9-4-14(5-10-18)20-12-16-6-11-19(13-21(16)29-23(20)26)28-22(25)15-2-7-17(24)8-3-15/h2-13H,1H3. The van der Waals surface area contributed by atoms with Gasteiger partial charge in [0.15, 0.2) is 0 Å². The minimum atomic E-state index is -0.492. The first kappa shape index (κ1) is 19.0. The summed E-state index contributed by atoms with van der Waals surface area (Å²) in [6.07, 6.45) is 0. The maximum absolute atomic E-state index is 12.5. The van der Waals surface area contributed by atoms with Crippen LogP contribution in [-0.4, -0.2) is 13.1 Å². The number of benzene rings is 3. The highest BCUT2D eigenvalue weighted by molar-refractivity contribution is 9.10. The zero-order valence-corrected chi connectivity index (χ0v) is 16.9. The molecule has 5 nitrogen and oxygen atoms in total. The Morgan fingerprint density at radius 2 is 1.59 bits per heavy atom. The van der Waals surface area contributed by atoms with Crippen molar-refractivity contribution >= 4 is 32.9 Å². The average molecular weight is 451 g/mol. The Hall–Kier alpha value is -3.38. The van der Waals surface area contributed by atoms with Crippen molar-refractivity contribution in [3.05, 3.63) is 93.3 Å². The maximum atomic E-state index is 12.5. The molecule has 0 atom stereocenters. The van der Waals surface area contributed by atoms with Gasteiger partial charge in [0.1, 0.15) is 17.1 Å². The van der Waals surface area contributed by atoms with E-state index in [1.165, 1.54) is 6.07 Å². The SMILES string of the molecule is COc1ccc(-c2cc3ccc(OC(=O)c4ccc(Br)cc4)cc3oc2=O)cc1. The number of ether oxygens (including phenoxy) is 2. The van der Waals surface area contributed by atoms with Crippen LogP contribution in [0.2, 0.25) is 0 Å². The van der Waals surface area contributed by atoms with E-state index >= 15 is 0 Å². The Morgan fingerprint density at radius 1 is 0.897 bits per heavy atom. The minimum absolute atomic E-state index is 0.297. The number of esters is 1. The van der Waals surface area contributed by atoms with E-state index in [0.29, 0.717) is 28.2 Å². The molecule has 6 heteroatoms. The lowest BCUT2D eigenvalue weighted by atomic mass is 10.1. The summed E-state index contributed by atoms with van der Waals surface area (Å²) in [4.78, 5) is 24.7. The third-order valence-electron chi connectivity index (χ3n) is 4.40. The fraction of sp³-hybridized carbons (Fsp3) is 0.0435. The molecule has 0 unspecified atom stereocenters. The van der Waals surface area contributed by atoms with Crippen molar-refractivity contribution < 1.29 is 18.7 Å². The van der Waals surface area contributed by atoms with Gasteiger partial charge in [0, 0.05) is 15.9 Å². The van der Waals surface area contributed by atoms with Crippen LogP contribution < -0.4 is 15.1 Å². The molecule has 0 amide bonds. The van der Waals surface area contributed by atoms with E-state index in [1.807, 2.05) is 0 Å². The lowest BCUT2D eigenvalue weighted by Crippen LogP contribution is -2.08. The Morgan fingerprint density at radius 3 is 2.28 bits per heavy atom. The van der Waals surface area contributed by atoms with Gasteiger partial charge in [-0.2, -0.15) is 0 Å². The Labute approximate surface area is 174 Å². The molecule has 0 bridgehead atoms. The predicted molar refractivity (Wildman–Crippen MR) is 114 cm³/mol. The topological polar surface area (TPSA) is 65.7 Å². The molecule has 1 heterocycles. The van der Waals surface area contributed by atoms with Gasteiger partial charge in [0.05, 0.1) is 18.2 Å². The minimum Gasteiger partial charge on any atom is -0.497 e. The molecule has 0 fully saturated rings. The van der Waals surface area contributed by atoms with Crippen LogP contribution in [0, 0.1) is 0 Å². The molecule has 29 heavy (non-hydrogen) atoms. The molecule has 0 saturated heterocycles. The second-order valence-electron chi connectivity index (χ2n) is 6.27. The predicted octanol–water partition coefficient (Wildman–Crippen LogP) is 5.45. The van der Waals surface area contributed by atoms with Crippen LogP contribution in [0.25, 0.3) is 22.1 Å². The molecule has 4 aromatic rings. The highest BCUT2D eigenvalue weighted by Crippen LogP contribution is 2.26. The van der Waals surface area contributed by atoms with E-state index < -0.39 is 11.6 Å². The highest BCUT2D eigenvalue weighted by atomic mass is 79.9. The van der Waals surface area contributed by atoms with Gasteiger partial charge in [-0.15, -0.1) is 0 Å². The summed E-state index contributed by atoms with van der Waals surface area (Å²) >= 11 is 3.32. The summed E-state index contributed by atoms with van der Waals surface area (Å²) in [5.41, 5.74) is 1.46. The van der Waals surface area contributed by atoms with Crippen molar-refractivity contribution in [1.82, 2.24) is 0 Å². The van der Waals surface area contributed by atoms with Gasteiger partial charge in [-0.1, -0.05) is 28.1 Å². The average Bonchev–Trinajstić information content (AvgIpc) is 2.74. The molecule has 3 aromatic carbocycles. The van der Waals surface area contributed by atoms with Crippen LogP contribution in [0.3, 0.4) is 0 Å². The molecule has 1 aromatic heterocycles. The van der Waals surface area contributed by atoms with Crippen molar-refractivity contribution in [1.29, 1.82) is 0 Å². The van der Waals surface area contributed by atoms with Crippen LogP contribution in [0.4, 0.5) is 0 Å². The number of rotatable bonds is 4. The molecule has 0 aliphatic heterocycles. The van der Waals surface area contributed by atoms with Crippen molar-refractivity contribution in [3.8, 4) is 22.6 Å². The smallest absolute Gasteiger partial charge is 0.344 e. The van der Waals surface area contributed by atoms with Crippen molar-refractivity contribution in [2.75, 3.05) is 7.11 Å². The summed E-state index contributed by atoms with van der Waals surface area (Å²) in [6.45, 7) is 0. The molecule has 144 valence electrons.